The van der Waals surface area contributed by atoms with Gasteiger partial charge in [-0.2, -0.15) is 0 Å². The van der Waals surface area contributed by atoms with Crippen molar-refractivity contribution in [2.75, 3.05) is 12.8 Å². The summed E-state index contributed by atoms with van der Waals surface area (Å²) >= 11 is 1.56. The zero-order chi connectivity index (χ0) is 13.1. The van der Waals surface area contributed by atoms with Gasteiger partial charge in [-0.05, 0) is 32.0 Å². The Kier molecular flexibility index (Phi) is 3.99. The summed E-state index contributed by atoms with van der Waals surface area (Å²) in [5, 5.41) is 0.641. The number of aryl methyl sites for hydroxylation is 1. The first-order valence-corrected chi connectivity index (χ1v) is 6.85. The molecule has 0 saturated heterocycles. The van der Waals surface area contributed by atoms with E-state index in [1.165, 1.54) is 16.0 Å². The number of anilines is 1. The lowest BCUT2D eigenvalue weighted by Crippen LogP contribution is -2.22. The summed E-state index contributed by atoms with van der Waals surface area (Å²) in [6.07, 6.45) is 1.86. The first-order chi connectivity index (χ1) is 8.58. The average Bonchev–Trinajstić information content (AvgIpc) is 2.74. The number of nitrogen functional groups attached to an aromatic ring is 1. The van der Waals surface area contributed by atoms with Crippen molar-refractivity contribution in [1.82, 2.24) is 9.88 Å². The molecule has 0 fully saturated rings. The molecule has 4 heteroatoms. The van der Waals surface area contributed by atoms with Crippen LogP contribution < -0.4 is 5.73 Å². The summed E-state index contributed by atoms with van der Waals surface area (Å²) in [5.41, 5.74) is 8.36. The Labute approximate surface area is 112 Å². The Hall–Kier alpha value is -1.39. The second-order valence-corrected chi connectivity index (χ2v) is 5.76. The van der Waals surface area contributed by atoms with E-state index in [1.54, 1.807) is 11.3 Å². The van der Waals surface area contributed by atoms with E-state index in [0.29, 0.717) is 11.2 Å². The molecule has 1 heterocycles. The lowest BCUT2D eigenvalue weighted by Gasteiger charge is -2.25. The minimum atomic E-state index is 0.384. The van der Waals surface area contributed by atoms with Crippen LogP contribution in [-0.2, 0) is 6.54 Å². The third-order valence-electron chi connectivity index (χ3n) is 3.28. The number of aromatic nitrogens is 1. The molecule has 2 N–H and O–H groups in total. The smallest absolute Gasteiger partial charge is 0.180 e. The number of hydrogen-bond acceptors (Lipinski definition) is 4. The van der Waals surface area contributed by atoms with Crippen LogP contribution in [0.2, 0.25) is 0 Å². The number of hydrogen-bond donors (Lipinski definition) is 1. The van der Waals surface area contributed by atoms with E-state index in [0.717, 1.165) is 6.54 Å². The van der Waals surface area contributed by atoms with Gasteiger partial charge in [-0.3, -0.25) is 4.90 Å². The minimum Gasteiger partial charge on any atom is -0.375 e. The number of thiazole rings is 1. The number of nitrogens with two attached hydrogens (primary N) is 1. The number of benzene rings is 1. The fraction of sp³-hybridized carbons (Fsp3) is 0.357. The van der Waals surface area contributed by atoms with Crippen LogP contribution in [0.15, 0.2) is 30.5 Å². The van der Waals surface area contributed by atoms with Crippen LogP contribution in [0.5, 0.6) is 0 Å². The van der Waals surface area contributed by atoms with Crippen molar-refractivity contribution in [1.29, 1.82) is 0 Å². The summed E-state index contributed by atoms with van der Waals surface area (Å²) in [6.45, 7) is 5.27. The molecular weight excluding hydrogens is 242 g/mol. The largest absolute Gasteiger partial charge is 0.375 e. The molecule has 0 radical (unpaired) electrons. The number of rotatable bonds is 4. The highest BCUT2D eigenvalue weighted by Gasteiger charge is 2.14. The van der Waals surface area contributed by atoms with Gasteiger partial charge in [0.1, 0.15) is 0 Å². The Morgan fingerprint density at radius 3 is 2.72 bits per heavy atom. The van der Waals surface area contributed by atoms with E-state index in [2.05, 4.69) is 55.0 Å². The van der Waals surface area contributed by atoms with Crippen LogP contribution in [0.3, 0.4) is 0 Å². The molecule has 1 aromatic heterocycles. The monoisotopic (exact) mass is 261 g/mol. The van der Waals surface area contributed by atoms with Crippen molar-refractivity contribution in [3.05, 3.63) is 46.5 Å². The predicted octanol–water partition coefficient (Wildman–Crippen LogP) is 3.23. The van der Waals surface area contributed by atoms with Gasteiger partial charge in [-0.25, -0.2) is 4.98 Å². The molecule has 1 aromatic carbocycles. The summed E-state index contributed by atoms with van der Waals surface area (Å²) < 4.78 is 0. The third-order valence-corrected chi connectivity index (χ3v) is 4.09. The van der Waals surface area contributed by atoms with Crippen molar-refractivity contribution in [2.45, 2.75) is 26.4 Å². The maximum Gasteiger partial charge on any atom is 0.180 e. The maximum atomic E-state index is 5.65. The average molecular weight is 261 g/mol. The van der Waals surface area contributed by atoms with E-state index >= 15 is 0 Å². The van der Waals surface area contributed by atoms with Gasteiger partial charge in [0.2, 0.25) is 0 Å². The molecule has 18 heavy (non-hydrogen) atoms. The van der Waals surface area contributed by atoms with Gasteiger partial charge in [-0.1, -0.05) is 24.3 Å². The van der Waals surface area contributed by atoms with Gasteiger partial charge in [-0.15, -0.1) is 11.3 Å². The van der Waals surface area contributed by atoms with Gasteiger partial charge in [0, 0.05) is 23.7 Å². The third kappa shape index (κ3) is 2.89. The molecular formula is C14H19N3S. The fourth-order valence-corrected chi connectivity index (χ4v) is 2.82. The van der Waals surface area contributed by atoms with Crippen LogP contribution in [0.1, 0.15) is 29.0 Å². The topological polar surface area (TPSA) is 42.2 Å². The summed E-state index contributed by atoms with van der Waals surface area (Å²) in [6, 6.07) is 8.91. The van der Waals surface area contributed by atoms with Crippen molar-refractivity contribution in [3.8, 4) is 0 Å². The quantitative estimate of drug-likeness (QED) is 0.918. The Morgan fingerprint density at radius 1 is 1.39 bits per heavy atom. The molecule has 0 aliphatic carbocycles. The molecule has 0 aliphatic rings. The molecule has 0 spiro atoms. The number of nitrogens with zero attached hydrogens (tertiary/aromatic N) is 2. The van der Waals surface area contributed by atoms with Crippen molar-refractivity contribution in [2.24, 2.45) is 0 Å². The zero-order valence-electron chi connectivity index (χ0n) is 11.1. The summed E-state index contributed by atoms with van der Waals surface area (Å²) in [5.74, 6) is 0. The van der Waals surface area contributed by atoms with Crippen molar-refractivity contribution in [3.63, 3.8) is 0 Å². The zero-order valence-corrected chi connectivity index (χ0v) is 11.9. The predicted molar refractivity (Wildman–Crippen MR) is 77.6 cm³/mol. The van der Waals surface area contributed by atoms with E-state index in [9.17, 15) is 0 Å². The highest BCUT2D eigenvalue weighted by molar-refractivity contribution is 7.15. The van der Waals surface area contributed by atoms with Gasteiger partial charge in [0.25, 0.3) is 0 Å². The van der Waals surface area contributed by atoms with Crippen LogP contribution in [-0.4, -0.2) is 16.9 Å². The lowest BCUT2D eigenvalue weighted by atomic mass is 10.0. The van der Waals surface area contributed by atoms with Crippen molar-refractivity contribution < 1.29 is 0 Å². The molecule has 96 valence electrons. The first-order valence-electron chi connectivity index (χ1n) is 6.04. The molecule has 0 bridgehead atoms. The SMILES string of the molecule is Cc1ccccc1C(C)N(C)Cc1cnc(N)s1. The Balaban J connectivity index is 2.09. The lowest BCUT2D eigenvalue weighted by molar-refractivity contribution is 0.254. The molecule has 2 rings (SSSR count). The highest BCUT2D eigenvalue weighted by Crippen LogP contribution is 2.25. The van der Waals surface area contributed by atoms with E-state index in [-0.39, 0.29) is 0 Å². The highest BCUT2D eigenvalue weighted by atomic mass is 32.1. The van der Waals surface area contributed by atoms with Crippen molar-refractivity contribution >= 4 is 16.5 Å². The van der Waals surface area contributed by atoms with E-state index in [4.69, 9.17) is 5.73 Å². The molecule has 0 aliphatic heterocycles. The van der Waals surface area contributed by atoms with Crippen LogP contribution in [0.4, 0.5) is 5.13 Å². The first kappa shape index (κ1) is 13.1. The summed E-state index contributed by atoms with van der Waals surface area (Å²) in [4.78, 5) is 7.61. The van der Waals surface area contributed by atoms with Gasteiger partial charge < -0.3 is 5.73 Å². The molecule has 3 nitrogen and oxygen atoms in total. The van der Waals surface area contributed by atoms with Crippen LogP contribution >= 0.6 is 11.3 Å². The van der Waals surface area contributed by atoms with E-state index in [1.807, 2.05) is 6.20 Å². The maximum absolute atomic E-state index is 5.65. The summed E-state index contributed by atoms with van der Waals surface area (Å²) in [7, 11) is 2.13. The van der Waals surface area contributed by atoms with Gasteiger partial charge in [0.05, 0.1) is 0 Å². The Morgan fingerprint density at radius 2 is 2.11 bits per heavy atom. The minimum absolute atomic E-state index is 0.384. The normalized spacial score (nSPS) is 12.9. The van der Waals surface area contributed by atoms with E-state index < -0.39 is 0 Å². The second kappa shape index (κ2) is 5.50. The molecule has 1 unspecified atom stereocenters. The van der Waals surface area contributed by atoms with Crippen LogP contribution in [0, 0.1) is 6.92 Å². The fourth-order valence-electron chi connectivity index (χ4n) is 2.07. The molecule has 0 amide bonds. The van der Waals surface area contributed by atoms with Gasteiger partial charge >= 0.3 is 0 Å². The molecule has 0 saturated carbocycles. The second-order valence-electron chi connectivity index (χ2n) is 4.61. The Bertz CT molecular complexity index is 521. The van der Waals surface area contributed by atoms with Crippen LogP contribution in [0.25, 0.3) is 0 Å². The standard InChI is InChI=1S/C14H19N3S/c1-10-6-4-5-7-13(10)11(2)17(3)9-12-8-16-14(15)18-12/h4-8,11H,9H2,1-3H3,(H2,15,16). The van der Waals surface area contributed by atoms with Gasteiger partial charge in [0.15, 0.2) is 5.13 Å². The molecule has 2 aromatic rings. The molecule has 1 atom stereocenters.